The maximum Gasteiger partial charge on any atom is 0.410 e. The van der Waals surface area contributed by atoms with Crippen molar-refractivity contribution in [3.63, 3.8) is 0 Å². The van der Waals surface area contributed by atoms with E-state index in [-0.39, 0.29) is 24.1 Å². The Morgan fingerprint density at radius 3 is 1.90 bits per heavy atom. The van der Waals surface area contributed by atoms with Crippen LogP contribution in [0.4, 0.5) is 4.79 Å². The lowest BCUT2D eigenvalue weighted by Gasteiger charge is -2.52. The topological polar surface area (TPSA) is 59.0 Å². The van der Waals surface area contributed by atoms with Crippen LogP contribution in [0.3, 0.4) is 0 Å². The molecule has 6 rings (SSSR count). The van der Waals surface area contributed by atoms with Crippen LogP contribution in [-0.4, -0.2) is 48.0 Å². The quantitative estimate of drug-likeness (QED) is 0.392. The molecule has 3 aliphatic rings. The number of amides is 1. The van der Waals surface area contributed by atoms with Gasteiger partial charge in [-0.25, -0.2) is 4.79 Å². The van der Waals surface area contributed by atoms with Crippen LogP contribution in [0.25, 0.3) is 11.1 Å². The van der Waals surface area contributed by atoms with Gasteiger partial charge in [-0.05, 0) is 50.8 Å². The SMILES string of the molecule is CC(C)c1cccc(C(C)C)c1C1(O)CC2COCC(C1)N2C(=O)OCC1c2ccccc2-c2ccccc21. The van der Waals surface area contributed by atoms with Crippen molar-refractivity contribution in [3.8, 4) is 11.1 Å². The van der Waals surface area contributed by atoms with Gasteiger partial charge in [0.05, 0.1) is 30.9 Å². The molecule has 3 aromatic carbocycles. The van der Waals surface area contributed by atoms with Gasteiger partial charge < -0.3 is 14.6 Å². The van der Waals surface area contributed by atoms with Crippen molar-refractivity contribution in [2.24, 2.45) is 0 Å². The number of morpholine rings is 1. The number of aliphatic hydroxyl groups is 1. The average molecular weight is 526 g/mol. The zero-order valence-corrected chi connectivity index (χ0v) is 23.4. The largest absolute Gasteiger partial charge is 0.448 e. The van der Waals surface area contributed by atoms with Gasteiger partial charge in [-0.1, -0.05) is 94.4 Å². The van der Waals surface area contributed by atoms with Crippen LogP contribution < -0.4 is 0 Å². The van der Waals surface area contributed by atoms with Crippen molar-refractivity contribution in [2.75, 3.05) is 19.8 Å². The van der Waals surface area contributed by atoms with Gasteiger partial charge in [-0.3, -0.25) is 4.90 Å². The van der Waals surface area contributed by atoms with E-state index in [4.69, 9.17) is 9.47 Å². The minimum absolute atomic E-state index is 0.0192. The van der Waals surface area contributed by atoms with Gasteiger partial charge in [0.1, 0.15) is 6.61 Å². The minimum atomic E-state index is -1.01. The number of hydrogen-bond donors (Lipinski definition) is 1. The second kappa shape index (κ2) is 10.1. The van der Waals surface area contributed by atoms with E-state index in [2.05, 4.69) is 82.3 Å². The third kappa shape index (κ3) is 4.46. The maximum absolute atomic E-state index is 13.7. The molecule has 0 saturated carbocycles. The zero-order chi connectivity index (χ0) is 27.3. The van der Waals surface area contributed by atoms with E-state index in [9.17, 15) is 9.90 Å². The fraction of sp³-hybridized carbons (Fsp3) is 0.441. The molecule has 5 nitrogen and oxygen atoms in total. The molecule has 0 spiro atoms. The number of hydrogen-bond acceptors (Lipinski definition) is 4. The Kier molecular flexibility index (Phi) is 6.76. The molecular weight excluding hydrogens is 486 g/mol. The molecule has 2 heterocycles. The molecule has 2 saturated heterocycles. The van der Waals surface area contributed by atoms with Gasteiger partial charge in [0.2, 0.25) is 0 Å². The third-order valence-electron chi connectivity index (χ3n) is 8.94. The van der Waals surface area contributed by atoms with E-state index in [1.54, 1.807) is 0 Å². The van der Waals surface area contributed by atoms with Crippen LogP contribution in [-0.2, 0) is 15.1 Å². The number of fused-ring (bicyclic) bond motifs is 5. The zero-order valence-electron chi connectivity index (χ0n) is 23.4. The van der Waals surface area contributed by atoms with Gasteiger partial charge in [0, 0.05) is 18.8 Å². The molecule has 2 bridgehead atoms. The van der Waals surface area contributed by atoms with E-state index in [1.165, 1.54) is 33.4 Å². The summed E-state index contributed by atoms with van der Waals surface area (Å²) in [6.45, 7) is 9.84. The predicted octanol–water partition coefficient (Wildman–Crippen LogP) is 6.93. The molecule has 3 aromatic rings. The van der Waals surface area contributed by atoms with Crippen molar-refractivity contribution >= 4 is 6.09 Å². The number of rotatable bonds is 5. The molecule has 2 aliphatic heterocycles. The van der Waals surface area contributed by atoms with Crippen LogP contribution in [0.5, 0.6) is 0 Å². The molecule has 0 aromatic heterocycles. The van der Waals surface area contributed by atoms with Crippen LogP contribution >= 0.6 is 0 Å². The Labute approximate surface area is 231 Å². The second-order valence-electron chi connectivity index (χ2n) is 12.1. The number of ether oxygens (including phenoxy) is 2. The number of carbonyl (C=O) groups excluding carboxylic acids is 1. The van der Waals surface area contributed by atoms with Crippen molar-refractivity contribution < 1.29 is 19.4 Å². The van der Waals surface area contributed by atoms with E-state index < -0.39 is 5.60 Å². The highest BCUT2D eigenvalue weighted by Crippen LogP contribution is 2.47. The first-order chi connectivity index (χ1) is 18.8. The summed E-state index contributed by atoms with van der Waals surface area (Å²) in [5, 5.41) is 12.3. The summed E-state index contributed by atoms with van der Waals surface area (Å²) < 4.78 is 12.0. The lowest BCUT2D eigenvalue weighted by Crippen LogP contribution is -2.63. The first-order valence-corrected chi connectivity index (χ1v) is 14.3. The standard InChI is InChI=1S/C34H39NO4/c1-21(2)25-14-9-15-26(22(3)4)32(25)34(37)16-23-18-38-19-24(17-34)35(23)33(36)39-20-31-29-12-7-5-10-27(29)28-11-6-8-13-30(28)31/h5-15,21-24,31,37H,16-20H2,1-4H3. The molecule has 1 N–H and O–H groups in total. The highest BCUT2D eigenvalue weighted by atomic mass is 16.6. The first-order valence-electron chi connectivity index (χ1n) is 14.3. The average Bonchev–Trinajstić information content (AvgIpc) is 3.24. The molecule has 1 amide bonds. The van der Waals surface area contributed by atoms with E-state index in [0.29, 0.717) is 44.5 Å². The first kappa shape index (κ1) is 26.1. The van der Waals surface area contributed by atoms with Gasteiger partial charge >= 0.3 is 6.09 Å². The molecule has 0 radical (unpaired) electrons. The van der Waals surface area contributed by atoms with Gasteiger partial charge in [0.15, 0.2) is 0 Å². The van der Waals surface area contributed by atoms with E-state index >= 15 is 0 Å². The highest BCUT2D eigenvalue weighted by Gasteiger charge is 2.51. The summed E-state index contributed by atoms with van der Waals surface area (Å²) >= 11 is 0. The molecule has 1 aliphatic carbocycles. The molecule has 39 heavy (non-hydrogen) atoms. The van der Waals surface area contributed by atoms with Crippen molar-refractivity contribution in [1.82, 2.24) is 4.90 Å². The molecule has 2 atom stereocenters. The Morgan fingerprint density at radius 2 is 1.38 bits per heavy atom. The lowest BCUT2D eigenvalue weighted by atomic mass is 9.71. The maximum atomic E-state index is 13.7. The van der Waals surface area contributed by atoms with Crippen LogP contribution in [0.15, 0.2) is 66.7 Å². The smallest absolute Gasteiger partial charge is 0.410 e. The second-order valence-corrected chi connectivity index (χ2v) is 12.1. The molecule has 2 unspecified atom stereocenters. The van der Waals surface area contributed by atoms with Crippen LogP contribution in [0.2, 0.25) is 0 Å². The fourth-order valence-electron chi connectivity index (χ4n) is 7.24. The lowest BCUT2D eigenvalue weighted by molar-refractivity contribution is -0.137. The summed E-state index contributed by atoms with van der Waals surface area (Å²) in [6.07, 6.45) is 0.576. The van der Waals surface area contributed by atoms with Gasteiger partial charge in [-0.2, -0.15) is 0 Å². The highest BCUT2D eigenvalue weighted by molar-refractivity contribution is 5.79. The van der Waals surface area contributed by atoms with Crippen LogP contribution in [0, 0.1) is 0 Å². The number of piperidine rings is 1. The summed E-state index contributed by atoms with van der Waals surface area (Å²) in [5.41, 5.74) is 7.26. The van der Waals surface area contributed by atoms with Gasteiger partial charge in [0.25, 0.3) is 0 Å². The normalized spacial score (nSPS) is 24.1. The monoisotopic (exact) mass is 525 g/mol. The van der Waals surface area contributed by atoms with Crippen molar-refractivity contribution in [1.29, 1.82) is 0 Å². The number of carbonyl (C=O) groups is 1. The summed E-state index contributed by atoms with van der Waals surface area (Å²) in [5.74, 6) is 0.601. The third-order valence-corrected chi connectivity index (χ3v) is 8.94. The minimum Gasteiger partial charge on any atom is -0.448 e. The predicted molar refractivity (Wildman–Crippen MR) is 153 cm³/mol. The fourth-order valence-corrected chi connectivity index (χ4v) is 7.24. The molecule has 204 valence electrons. The van der Waals surface area contributed by atoms with E-state index in [0.717, 1.165) is 5.56 Å². The van der Waals surface area contributed by atoms with Gasteiger partial charge in [-0.15, -0.1) is 0 Å². The molecule has 2 fully saturated rings. The summed E-state index contributed by atoms with van der Waals surface area (Å²) in [6, 6.07) is 22.7. The molecule has 5 heteroatoms. The van der Waals surface area contributed by atoms with Crippen molar-refractivity contribution in [2.45, 2.75) is 76.0 Å². The number of benzene rings is 3. The van der Waals surface area contributed by atoms with Crippen LogP contribution in [0.1, 0.15) is 86.1 Å². The van der Waals surface area contributed by atoms with E-state index in [1.807, 2.05) is 17.0 Å². The Balaban J connectivity index is 1.25. The Hall–Kier alpha value is -3.15. The van der Waals surface area contributed by atoms with Crippen molar-refractivity contribution in [3.05, 3.63) is 94.5 Å². The Morgan fingerprint density at radius 1 is 0.872 bits per heavy atom. The molecular formula is C34H39NO4. The summed E-state index contributed by atoms with van der Waals surface area (Å²) in [7, 11) is 0. The summed E-state index contributed by atoms with van der Waals surface area (Å²) in [4.78, 5) is 15.5. The Bertz CT molecular complexity index is 1290. The number of nitrogens with zero attached hydrogens (tertiary/aromatic N) is 1.